The van der Waals surface area contributed by atoms with Gasteiger partial charge in [-0.05, 0) is 108 Å². The fourth-order valence-electron chi connectivity index (χ4n) is 4.19. The van der Waals surface area contributed by atoms with E-state index in [-0.39, 0.29) is 0 Å². The van der Waals surface area contributed by atoms with Crippen molar-refractivity contribution in [3.05, 3.63) is 164 Å². The van der Waals surface area contributed by atoms with Gasteiger partial charge in [-0.3, -0.25) is 0 Å². The fourth-order valence-corrected chi connectivity index (χ4v) is 4.19. The summed E-state index contributed by atoms with van der Waals surface area (Å²) in [5.74, 6) is 0. The zero-order chi connectivity index (χ0) is 29.7. The Hall–Kier alpha value is -3.90. The summed E-state index contributed by atoms with van der Waals surface area (Å²) in [5.41, 5.74) is 15.5. The molecule has 0 saturated carbocycles. The van der Waals surface area contributed by atoms with Crippen molar-refractivity contribution in [2.45, 2.75) is 69.2 Å². The molecule has 0 N–H and O–H groups in total. The van der Waals surface area contributed by atoms with E-state index in [1.54, 1.807) is 0 Å². The summed E-state index contributed by atoms with van der Waals surface area (Å²) in [6.07, 6.45) is 30.0. The van der Waals surface area contributed by atoms with Crippen molar-refractivity contribution in [1.29, 1.82) is 0 Å². The molecule has 2 aromatic carbocycles. The molecule has 2 aromatic rings. The molecule has 0 amide bonds. The molecule has 0 heterocycles. The number of hydrogen-bond donors (Lipinski definition) is 0. The highest BCUT2D eigenvalue weighted by atomic mass is 14.1. The molecule has 2 rings (SSSR count). The zero-order valence-electron chi connectivity index (χ0n) is 26.4. The lowest BCUT2D eigenvalue weighted by Gasteiger charge is -2.07. The normalized spacial score (nSPS) is 14.3. The Morgan fingerprint density at radius 2 is 0.925 bits per heavy atom. The summed E-state index contributed by atoms with van der Waals surface area (Å²) in [5, 5.41) is 0. The van der Waals surface area contributed by atoms with Crippen LogP contribution >= 0.6 is 0 Å². The minimum absolute atomic E-state index is 1.21. The first-order valence-corrected chi connectivity index (χ1v) is 14.2. The van der Waals surface area contributed by atoms with Gasteiger partial charge in [0.15, 0.2) is 0 Å². The monoisotopic (exact) mass is 528 g/mol. The maximum atomic E-state index is 2.25. The molecule has 0 aliphatic rings. The first-order valence-electron chi connectivity index (χ1n) is 14.2. The Kier molecular flexibility index (Phi) is 13.1. The second-order valence-electron chi connectivity index (χ2n) is 10.9. The van der Waals surface area contributed by atoms with Crippen molar-refractivity contribution in [2.24, 2.45) is 0 Å². The highest BCUT2D eigenvalue weighted by Gasteiger charge is 2.01. The lowest BCUT2D eigenvalue weighted by Crippen LogP contribution is -1.89. The van der Waals surface area contributed by atoms with Gasteiger partial charge in [-0.15, -0.1) is 0 Å². The molecule has 0 radical (unpaired) electrons. The van der Waals surface area contributed by atoms with E-state index in [9.17, 15) is 0 Å². The maximum absolute atomic E-state index is 2.25. The second kappa shape index (κ2) is 16.3. The van der Waals surface area contributed by atoms with Crippen molar-refractivity contribution in [3.63, 3.8) is 0 Å². The van der Waals surface area contributed by atoms with Crippen LogP contribution < -0.4 is 0 Å². The summed E-state index contributed by atoms with van der Waals surface area (Å²) in [7, 11) is 0. The molecular formula is C40H48. The van der Waals surface area contributed by atoms with E-state index in [1.807, 2.05) is 0 Å². The molecule has 0 nitrogen and oxygen atoms in total. The molecule has 208 valence electrons. The molecule has 0 spiro atoms. The SMILES string of the molecule is CC(/C=C\c1cc(C)cc(C)c1C)=C\C=C\C(C)=C\C=C\C=C(C)\C=C\C=C(C)\C=C\c1ccc(C)c(C)c1C. The second-order valence-corrected chi connectivity index (χ2v) is 10.9. The Bertz CT molecular complexity index is 1450. The predicted molar refractivity (Wildman–Crippen MR) is 182 cm³/mol. The van der Waals surface area contributed by atoms with Crippen LogP contribution in [0.2, 0.25) is 0 Å². The van der Waals surface area contributed by atoms with Gasteiger partial charge < -0.3 is 0 Å². The van der Waals surface area contributed by atoms with E-state index in [1.165, 1.54) is 66.8 Å². The van der Waals surface area contributed by atoms with Crippen LogP contribution in [0.5, 0.6) is 0 Å². The molecule has 40 heavy (non-hydrogen) atoms. The van der Waals surface area contributed by atoms with Crippen molar-refractivity contribution in [2.75, 3.05) is 0 Å². The number of rotatable bonds is 10. The number of benzene rings is 2. The first-order chi connectivity index (χ1) is 19.0. The average Bonchev–Trinajstić information content (AvgIpc) is 2.90. The molecule has 0 aliphatic heterocycles. The summed E-state index contributed by atoms with van der Waals surface area (Å²) in [6.45, 7) is 21.6. The lowest BCUT2D eigenvalue weighted by molar-refractivity contribution is 1.26. The maximum Gasteiger partial charge on any atom is -0.0222 e. The van der Waals surface area contributed by atoms with E-state index in [0.29, 0.717) is 0 Å². The van der Waals surface area contributed by atoms with Crippen molar-refractivity contribution >= 4 is 12.2 Å². The quantitative estimate of drug-likeness (QED) is 0.269. The van der Waals surface area contributed by atoms with Gasteiger partial charge >= 0.3 is 0 Å². The summed E-state index contributed by atoms with van der Waals surface area (Å²) in [6, 6.07) is 8.88. The molecule has 0 fully saturated rings. The van der Waals surface area contributed by atoms with Gasteiger partial charge in [0.1, 0.15) is 0 Å². The van der Waals surface area contributed by atoms with Crippen LogP contribution in [0.4, 0.5) is 0 Å². The Labute approximate surface area is 245 Å². The lowest BCUT2D eigenvalue weighted by atomic mass is 9.98. The Morgan fingerprint density at radius 1 is 0.450 bits per heavy atom. The van der Waals surface area contributed by atoms with Gasteiger partial charge in [-0.25, -0.2) is 0 Å². The molecule has 0 aliphatic carbocycles. The van der Waals surface area contributed by atoms with Gasteiger partial charge in [0.2, 0.25) is 0 Å². The minimum atomic E-state index is 1.21. The Balaban J connectivity index is 1.90. The van der Waals surface area contributed by atoms with E-state index >= 15 is 0 Å². The van der Waals surface area contributed by atoms with Gasteiger partial charge in [0.25, 0.3) is 0 Å². The van der Waals surface area contributed by atoms with Crippen LogP contribution in [0.25, 0.3) is 12.2 Å². The van der Waals surface area contributed by atoms with Crippen LogP contribution in [0.3, 0.4) is 0 Å². The third-order valence-corrected chi connectivity index (χ3v) is 7.27. The third kappa shape index (κ3) is 11.1. The molecule has 0 unspecified atom stereocenters. The Morgan fingerprint density at radius 3 is 1.48 bits per heavy atom. The molecule has 0 aromatic heterocycles. The predicted octanol–water partition coefficient (Wildman–Crippen LogP) is 11.7. The van der Waals surface area contributed by atoms with E-state index in [0.717, 1.165) is 0 Å². The summed E-state index contributed by atoms with van der Waals surface area (Å²) < 4.78 is 0. The van der Waals surface area contributed by atoms with Crippen LogP contribution in [-0.4, -0.2) is 0 Å². The number of allylic oxidation sites excluding steroid dienone is 16. The zero-order valence-corrected chi connectivity index (χ0v) is 26.4. The van der Waals surface area contributed by atoms with Gasteiger partial charge in [0, 0.05) is 0 Å². The van der Waals surface area contributed by atoms with Crippen molar-refractivity contribution in [1.82, 2.24) is 0 Å². The average molecular weight is 529 g/mol. The smallest absolute Gasteiger partial charge is 0.0222 e. The standard InChI is InChI=1S/C40H48/c1-29(17-13-19-31(3)21-24-39-26-23-34(6)36(8)38(39)10)15-11-12-16-30(2)18-14-20-32(4)22-25-40-28-33(5)27-35(7)37(40)9/h11-28H,1-10H3/b12-11+,17-13+,18-14+,24-21+,25-22-,29-15+,30-16+,31-19+,32-20+. The largest absolute Gasteiger partial charge is 0.0620 e. The minimum Gasteiger partial charge on any atom is -0.0620 e. The summed E-state index contributed by atoms with van der Waals surface area (Å²) in [4.78, 5) is 0. The topological polar surface area (TPSA) is 0 Å². The third-order valence-electron chi connectivity index (χ3n) is 7.27. The van der Waals surface area contributed by atoms with E-state index < -0.39 is 0 Å². The number of hydrogen-bond acceptors (Lipinski definition) is 0. The van der Waals surface area contributed by atoms with Gasteiger partial charge in [0.05, 0.1) is 0 Å². The van der Waals surface area contributed by atoms with E-state index in [2.05, 4.69) is 179 Å². The molecule has 0 bridgehead atoms. The van der Waals surface area contributed by atoms with Gasteiger partial charge in [-0.2, -0.15) is 0 Å². The molecular weight excluding hydrogens is 480 g/mol. The fraction of sp³-hybridized carbons (Fsp3) is 0.250. The van der Waals surface area contributed by atoms with Gasteiger partial charge in [-0.1, -0.05) is 137 Å². The van der Waals surface area contributed by atoms with Crippen LogP contribution in [0.1, 0.15) is 72.2 Å². The van der Waals surface area contributed by atoms with Crippen LogP contribution in [0.15, 0.2) is 119 Å². The molecule has 0 atom stereocenters. The highest BCUT2D eigenvalue weighted by molar-refractivity contribution is 5.60. The van der Waals surface area contributed by atoms with Crippen molar-refractivity contribution in [3.8, 4) is 0 Å². The first kappa shape index (κ1) is 32.3. The van der Waals surface area contributed by atoms with Crippen molar-refractivity contribution < 1.29 is 0 Å². The molecule has 0 heteroatoms. The van der Waals surface area contributed by atoms with E-state index in [4.69, 9.17) is 0 Å². The summed E-state index contributed by atoms with van der Waals surface area (Å²) >= 11 is 0. The van der Waals surface area contributed by atoms with Crippen LogP contribution in [-0.2, 0) is 0 Å². The number of aryl methyl sites for hydroxylation is 3. The highest BCUT2D eigenvalue weighted by Crippen LogP contribution is 2.19. The van der Waals surface area contributed by atoms with Crippen LogP contribution in [0, 0.1) is 41.5 Å². The molecule has 0 saturated heterocycles.